The van der Waals surface area contributed by atoms with E-state index in [1.807, 2.05) is 38.1 Å². The Morgan fingerprint density at radius 2 is 1.92 bits per heavy atom. The molecular formula is C16H17Br2NO4S. The van der Waals surface area contributed by atoms with Crippen LogP contribution in [0.3, 0.4) is 0 Å². The van der Waals surface area contributed by atoms with Crippen molar-refractivity contribution in [3.05, 3.63) is 29.8 Å². The molecule has 0 N–H and O–H groups in total. The summed E-state index contributed by atoms with van der Waals surface area (Å²) in [7, 11) is 1.60. The lowest BCUT2D eigenvalue weighted by molar-refractivity contribution is -0.162. The van der Waals surface area contributed by atoms with Crippen molar-refractivity contribution in [3.8, 4) is 5.75 Å². The van der Waals surface area contributed by atoms with Crippen molar-refractivity contribution < 1.29 is 19.1 Å². The van der Waals surface area contributed by atoms with Gasteiger partial charge in [-0.2, -0.15) is 0 Å². The molecule has 2 saturated heterocycles. The van der Waals surface area contributed by atoms with Crippen molar-refractivity contribution in [2.45, 2.75) is 39.9 Å². The minimum absolute atomic E-state index is 0.126. The van der Waals surface area contributed by atoms with Gasteiger partial charge in [-0.25, -0.2) is 4.79 Å². The molecule has 0 aromatic heterocycles. The molecule has 0 aliphatic carbocycles. The summed E-state index contributed by atoms with van der Waals surface area (Å²) in [5.41, 5.74) is 0.870. The van der Waals surface area contributed by atoms with Gasteiger partial charge >= 0.3 is 5.97 Å². The molecule has 2 atom stereocenters. The second kappa shape index (κ2) is 6.21. The number of halogens is 2. The Morgan fingerprint density at radius 1 is 1.29 bits per heavy atom. The molecule has 8 heteroatoms. The van der Waals surface area contributed by atoms with Gasteiger partial charge in [-0.15, -0.1) is 11.8 Å². The SMILES string of the molecule is COc1ccc(COC(=O)[C@@H]2N3C(=O)C(Br)(Br)[C@H]3SC2(C)C)cc1. The lowest BCUT2D eigenvalue weighted by atomic mass is 9.98. The van der Waals surface area contributed by atoms with Gasteiger partial charge in [0.05, 0.1) is 7.11 Å². The van der Waals surface area contributed by atoms with Gasteiger partial charge in [0.1, 0.15) is 23.8 Å². The Kier molecular flexibility index (Phi) is 4.68. The maximum Gasteiger partial charge on any atom is 0.330 e. The van der Waals surface area contributed by atoms with Crippen LogP contribution in [0.25, 0.3) is 0 Å². The number of hydrogen-bond donors (Lipinski definition) is 0. The molecular weight excluding hydrogens is 462 g/mol. The fourth-order valence-corrected chi connectivity index (χ4v) is 5.82. The highest BCUT2D eigenvalue weighted by Gasteiger charge is 2.70. The van der Waals surface area contributed by atoms with Gasteiger partial charge in [0, 0.05) is 4.75 Å². The normalized spacial score (nSPS) is 26.5. The van der Waals surface area contributed by atoms with E-state index in [9.17, 15) is 9.59 Å². The third kappa shape index (κ3) is 2.86. The zero-order valence-corrected chi connectivity index (χ0v) is 17.4. The number of nitrogens with zero attached hydrogens (tertiary/aromatic N) is 1. The number of benzene rings is 1. The van der Waals surface area contributed by atoms with E-state index in [1.165, 1.54) is 0 Å². The highest BCUT2D eigenvalue weighted by atomic mass is 79.9. The first kappa shape index (κ1) is 18.1. The monoisotopic (exact) mass is 477 g/mol. The van der Waals surface area contributed by atoms with E-state index in [4.69, 9.17) is 9.47 Å². The highest BCUT2D eigenvalue weighted by Crippen LogP contribution is 2.60. The van der Waals surface area contributed by atoms with Gasteiger partial charge in [-0.05, 0) is 31.5 Å². The summed E-state index contributed by atoms with van der Waals surface area (Å²) in [6, 6.07) is 6.73. The van der Waals surface area contributed by atoms with Crippen LogP contribution < -0.4 is 4.74 Å². The molecule has 2 fully saturated rings. The van der Waals surface area contributed by atoms with E-state index < -0.39 is 14.0 Å². The minimum Gasteiger partial charge on any atom is -0.497 e. The molecule has 0 bridgehead atoms. The average Bonchev–Trinajstić information content (AvgIpc) is 2.83. The van der Waals surface area contributed by atoms with E-state index in [1.54, 1.807) is 23.8 Å². The number of β-lactam (4-membered cyclic amide) rings is 1. The van der Waals surface area contributed by atoms with Gasteiger partial charge in [0.15, 0.2) is 3.23 Å². The standard InChI is InChI=1S/C16H17Br2NO4S/c1-15(2)11(19-13(21)16(17,18)14(19)24-15)12(20)23-8-9-4-6-10(22-3)7-5-9/h4-7,11,14H,8H2,1-3H3/t11-,14+/m0/s1. The molecule has 0 unspecified atom stereocenters. The Hall–Kier alpha value is -0.730. The Morgan fingerprint density at radius 3 is 2.50 bits per heavy atom. The van der Waals surface area contributed by atoms with Crippen molar-refractivity contribution in [1.82, 2.24) is 4.90 Å². The third-order valence-corrected chi connectivity index (χ3v) is 7.98. The molecule has 1 aromatic rings. The first-order valence-electron chi connectivity index (χ1n) is 7.36. The Labute approximate surface area is 161 Å². The van der Waals surface area contributed by atoms with Crippen molar-refractivity contribution in [3.63, 3.8) is 0 Å². The molecule has 2 aliphatic rings. The zero-order chi connectivity index (χ0) is 17.7. The van der Waals surface area contributed by atoms with Gasteiger partial charge in [0.25, 0.3) is 5.91 Å². The fourth-order valence-electron chi connectivity index (χ4n) is 2.92. The van der Waals surface area contributed by atoms with Crippen LogP contribution in [-0.2, 0) is 20.9 Å². The van der Waals surface area contributed by atoms with Gasteiger partial charge < -0.3 is 14.4 Å². The number of alkyl halides is 2. The molecule has 2 heterocycles. The fraction of sp³-hybridized carbons (Fsp3) is 0.500. The van der Waals surface area contributed by atoms with Crippen molar-refractivity contribution in [2.24, 2.45) is 0 Å². The Balaban J connectivity index is 1.69. The summed E-state index contributed by atoms with van der Waals surface area (Å²) in [6.07, 6.45) is 0. The van der Waals surface area contributed by atoms with E-state index in [-0.39, 0.29) is 23.9 Å². The van der Waals surface area contributed by atoms with Crippen LogP contribution in [0.2, 0.25) is 0 Å². The van der Waals surface area contributed by atoms with E-state index in [2.05, 4.69) is 31.9 Å². The number of ether oxygens (including phenoxy) is 2. The van der Waals surface area contributed by atoms with Gasteiger partial charge in [0.2, 0.25) is 0 Å². The molecule has 1 aromatic carbocycles. The lowest BCUT2D eigenvalue weighted by Crippen LogP contribution is -2.68. The molecule has 0 spiro atoms. The highest BCUT2D eigenvalue weighted by molar-refractivity contribution is 9.26. The maximum atomic E-state index is 12.6. The molecule has 0 saturated carbocycles. The van der Waals surface area contributed by atoms with Crippen LogP contribution in [-0.4, -0.2) is 43.3 Å². The van der Waals surface area contributed by atoms with Crippen LogP contribution in [0.1, 0.15) is 19.4 Å². The predicted molar refractivity (Wildman–Crippen MR) is 99.5 cm³/mol. The zero-order valence-electron chi connectivity index (χ0n) is 13.4. The van der Waals surface area contributed by atoms with E-state index in [0.717, 1.165) is 11.3 Å². The van der Waals surface area contributed by atoms with Crippen molar-refractivity contribution >= 4 is 55.5 Å². The van der Waals surface area contributed by atoms with Crippen LogP contribution in [0.15, 0.2) is 24.3 Å². The number of thioether (sulfide) groups is 1. The number of carbonyl (C=O) groups is 2. The predicted octanol–water partition coefficient (Wildman–Crippen LogP) is 3.29. The number of amides is 1. The first-order valence-corrected chi connectivity index (χ1v) is 9.83. The summed E-state index contributed by atoms with van der Waals surface area (Å²) < 4.78 is 9.38. The molecule has 3 rings (SSSR count). The number of rotatable bonds is 4. The Bertz CT molecular complexity index is 677. The van der Waals surface area contributed by atoms with Crippen LogP contribution in [0.4, 0.5) is 0 Å². The smallest absolute Gasteiger partial charge is 0.330 e. The van der Waals surface area contributed by atoms with Gasteiger partial charge in [-0.1, -0.05) is 44.0 Å². The average molecular weight is 479 g/mol. The second-order valence-corrected chi connectivity index (χ2v) is 11.6. The maximum absolute atomic E-state index is 12.6. The molecule has 2 aliphatic heterocycles. The number of esters is 1. The molecule has 1 amide bonds. The number of fused-ring (bicyclic) bond motifs is 1. The molecule has 24 heavy (non-hydrogen) atoms. The number of hydrogen-bond acceptors (Lipinski definition) is 5. The number of carbonyl (C=O) groups excluding carboxylic acids is 2. The van der Waals surface area contributed by atoms with Crippen LogP contribution in [0, 0.1) is 0 Å². The third-order valence-electron chi connectivity index (χ3n) is 4.20. The second-order valence-electron chi connectivity index (χ2n) is 6.27. The first-order chi connectivity index (χ1) is 11.2. The van der Waals surface area contributed by atoms with Gasteiger partial charge in [-0.3, -0.25) is 4.79 Å². The van der Waals surface area contributed by atoms with Crippen LogP contribution in [0.5, 0.6) is 5.75 Å². The van der Waals surface area contributed by atoms with Crippen LogP contribution >= 0.6 is 43.6 Å². The summed E-state index contributed by atoms with van der Waals surface area (Å²) in [5, 5.41) is -0.126. The summed E-state index contributed by atoms with van der Waals surface area (Å²) in [4.78, 5) is 26.5. The molecule has 0 radical (unpaired) electrons. The van der Waals surface area contributed by atoms with E-state index in [0.29, 0.717) is 0 Å². The summed E-state index contributed by atoms with van der Waals surface area (Å²) in [5.74, 6) is 0.227. The summed E-state index contributed by atoms with van der Waals surface area (Å²) >= 11 is 8.38. The quantitative estimate of drug-likeness (QED) is 0.377. The topological polar surface area (TPSA) is 55.8 Å². The molecule has 5 nitrogen and oxygen atoms in total. The summed E-state index contributed by atoms with van der Waals surface area (Å²) in [6.45, 7) is 4.08. The lowest BCUT2D eigenvalue weighted by Gasteiger charge is -2.46. The molecule has 130 valence electrons. The van der Waals surface area contributed by atoms with Crippen molar-refractivity contribution in [1.29, 1.82) is 0 Å². The van der Waals surface area contributed by atoms with E-state index >= 15 is 0 Å². The largest absolute Gasteiger partial charge is 0.497 e. The van der Waals surface area contributed by atoms with Crippen molar-refractivity contribution in [2.75, 3.05) is 7.11 Å². The minimum atomic E-state index is -0.785. The number of methoxy groups -OCH3 is 1.